The molecule has 0 bridgehead atoms. The molecule has 0 spiro atoms. The summed E-state index contributed by atoms with van der Waals surface area (Å²) in [6.45, 7) is 4.68. The first-order valence-electron chi connectivity index (χ1n) is 11.3. The molecule has 0 fully saturated rings. The summed E-state index contributed by atoms with van der Waals surface area (Å²) in [5, 5.41) is 6.82. The minimum Gasteiger partial charge on any atom is -0.490 e. The zero-order valence-corrected chi connectivity index (χ0v) is 21.3. The van der Waals surface area contributed by atoms with E-state index in [9.17, 15) is 9.59 Å². The number of halogens is 1. The van der Waals surface area contributed by atoms with Crippen molar-refractivity contribution in [2.75, 3.05) is 11.9 Å². The third kappa shape index (κ3) is 8.26. The first-order chi connectivity index (χ1) is 17.0. The summed E-state index contributed by atoms with van der Waals surface area (Å²) in [6, 6.07) is 21.0. The van der Waals surface area contributed by atoms with Gasteiger partial charge in [-0.15, -0.1) is 0 Å². The van der Waals surface area contributed by atoms with Crippen molar-refractivity contribution in [2.45, 2.75) is 33.3 Å². The van der Waals surface area contributed by atoms with Gasteiger partial charge in [-0.05, 0) is 64.7 Å². The van der Waals surface area contributed by atoms with Gasteiger partial charge in [0.25, 0.3) is 0 Å². The van der Waals surface area contributed by atoms with Crippen LogP contribution < -0.4 is 20.2 Å². The molecule has 0 atom stereocenters. The maximum absolute atomic E-state index is 12.1. The highest BCUT2D eigenvalue weighted by Gasteiger charge is 2.13. The Bertz CT molecular complexity index is 1180. The summed E-state index contributed by atoms with van der Waals surface area (Å²) in [7, 11) is 0. The average molecular weight is 538 g/mol. The first-order valence-corrected chi connectivity index (χ1v) is 12.1. The van der Waals surface area contributed by atoms with E-state index in [1.807, 2.05) is 74.5 Å². The lowest BCUT2D eigenvalue weighted by Gasteiger charge is -2.14. The third-order valence-electron chi connectivity index (χ3n) is 4.96. The second-order valence-corrected chi connectivity index (χ2v) is 8.55. The third-order valence-corrected chi connectivity index (χ3v) is 5.55. The smallest absolute Gasteiger partial charge is 0.240 e. The van der Waals surface area contributed by atoms with Crippen molar-refractivity contribution in [3.63, 3.8) is 0 Å². The van der Waals surface area contributed by atoms with Crippen LogP contribution in [0.5, 0.6) is 11.5 Å². The second kappa shape index (κ2) is 13.3. The van der Waals surface area contributed by atoms with Crippen molar-refractivity contribution in [3.8, 4) is 11.5 Å². The van der Waals surface area contributed by atoms with Crippen LogP contribution in [0.15, 0.2) is 76.3 Å². The van der Waals surface area contributed by atoms with Gasteiger partial charge in [-0.3, -0.25) is 9.59 Å². The van der Waals surface area contributed by atoms with E-state index in [4.69, 9.17) is 9.47 Å². The fourth-order valence-corrected chi connectivity index (χ4v) is 3.76. The fraction of sp³-hybridized carbons (Fsp3) is 0.222. The van der Waals surface area contributed by atoms with E-state index in [0.29, 0.717) is 34.7 Å². The highest BCUT2D eigenvalue weighted by atomic mass is 79.9. The number of anilines is 1. The lowest BCUT2D eigenvalue weighted by atomic mass is 10.2. The van der Waals surface area contributed by atoms with E-state index in [1.165, 1.54) is 6.21 Å². The normalized spacial score (nSPS) is 10.7. The van der Waals surface area contributed by atoms with E-state index in [0.717, 1.165) is 16.8 Å². The summed E-state index contributed by atoms with van der Waals surface area (Å²) in [6.07, 6.45) is 1.60. The SMILES string of the molecule is CCOc1cc(C=NNC(=O)CCC(=O)Nc2ccccc2C)cc(Br)c1OCc1ccccc1. The fourth-order valence-electron chi connectivity index (χ4n) is 3.18. The van der Waals surface area contributed by atoms with Crippen molar-refractivity contribution < 1.29 is 19.1 Å². The Morgan fingerprint density at radius 1 is 0.971 bits per heavy atom. The standard InChI is InChI=1S/C27H28BrN3O4/c1-3-34-24-16-21(15-22(28)27(24)35-18-20-10-5-4-6-11-20)17-29-31-26(33)14-13-25(32)30-23-12-8-7-9-19(23)2/h4-12,15-17H,3,13-14,18H2,1-2H3,(H,30,32)(H,31,33). The van der Waals surface area contributed by atoms with Crippen LogP contribution in [-0.4, -0.2) is 24.6 Å². The van der Waals surface area contributed by atoms with Crippen LogP contribution in [-0.2, 0) is 16.2 Å². The second-order valence-electron chi connectivity index (χ2n) is 7.69. The highest BCUT2D eigenvalue weighted by Crippen LogP contribution is 2.37. The molecular weight excluding hydrogens is 510 g/mol. The molecule has 0 heterocycles. The van der Waals surface area contributed by atoms with Crippen LogP contribution in [0, 0.1) is 6.92 Å². The number of para-hydroxylation sites is 1. The zero-order chi connectivity index (χ0) is 25.0. The van der Waals surface area contributed by atoms with Gasteiger partial charge in [-0.25, -0.2) is 5.43 Å². The molecule has 0 aliphatic heterocycles. The number of hydrogen-bond acceptors (Lipinski definition) is 5. The summed E-state index contributed by atoms with van der Waals surface area (Å²) < 4.78 is 12.4. The summed E-state index contributed by atoms with van der Waals surface area (Å²) in [4.78, 5) is 24.2. The van der Waals surface area contributed by atoms with Gasteiger partial charge in [-0.2, -0.15) is 5.10 Å². The lowest BCUT2D eigenvalue weighted by molar-refractivity contribution is -0.124. The van der Waals surface area contributed by atoms with Gasteiger partial charge in [0.1, 0.15) is 6.61 Å². The molecule has 0 unspecified atom stereocenters. The van der Waals surface area contributed by atoms with Crippen molar-refractivity contribution in [3.05, 3.63) is 87.9 Å². The van der Waals surface area contributed by atoms with E-state index in [-0.39, 0.29) is 24.7 Å². The number of hydrazone groups is 1. The average Bonchev–Trinajstić information content (AvgIpc) is 2.84. The molecule has 2 N–H and O–H groups in total. The molecular formula is C27H28BrN3O4. The number of carbonyl (C=O) groups excluding carboxylic acids is 2. The molecule has 3 rings (SSSR count). The highest BCUT2D eigenvalue weighted by molar-refractivity contribution is 9.10. The molecule has 35 heavy (non-hydrogen) atoms. The number of ether oxygens (including phenoxy) is 2. The number of nitrogens with zero attached hydrogens (tertiary/aromatic N) is 1. The maximum atomic E-state index is 12.1. The van der Waals surface area contributed by atoms with Crippen LogP contribution in [0.2, 0.25) is 0 Å². The number of carbonyl (C=O) groups is 2. The molecule has 0 aromatic heterocycles. The van der Waals surface area contributed by atoms with Crippen LogP contribution >= 0.6 is 15.9 Å². The van der Waals surface area contributed by atoms with Gasteiger partial charge in [0.2, 0.25) is 11.8 Å². The number of rotatable bonds is 11. The quantitative estimate of drug-likeness (QED) is 0.246. The number of hydrogen-bond donors (Lipinski definition) is 2. The van der Waals surface area contributed by atoms with E-state index in [1.54, 1.807) is 6.07 Å². The molecule has 0 aliphatic carbocycles. The van der Waals surface area contributed by atoms with Crippen molar-refractivity contribution >= 4 is 39.6 Å². The summed E-state index contributed by atoms with van der Waals surface area (Å²) in [5.74, 6) is 0.581. The Labute approximate surface area is 213 Å². The molecule has 7 nitrogen and oxygen atoms in total. The number of benzene rings is 3. The van der Waals surface area contributed by atoms with Gasteiger partial charge in [-0.1, -0.05) is 48.5 Å². The molecule has 182 valence electrons. The topological polar surface area (TPSA) is 89.0 Å². The van der Waals surface area contributed by atoms with E-state index >= 15 is 0 Å². The Balaban J connectivity index is 1.54. The maximum Gasteiger partial charge on any atom is 0.240 e. The van der Waals surface area contributed by atoms with Crippen LogP contribution in [0.25, 0.3) is 0 Å². The molecule has 0 radical (unpaired) electrons. The summed E-state index contributed by atoms with van der Waals surface area (Å²) in [5.41, 5.74) is 5.91. The Kier molecular flexibility index (Phi) is 9.86. The van der Waals surface area contributed by atoms with Gasteiger partial charge in [0.05, 0.1) is 17.3 Å². The van der Waals surface area contributed by atoms with Crippen LogP contribution in [0.1, 0.15) is 36.5 Å². The summed E-state index contributed by atoms with van der Waals surface area (Å²) >= 11 is 3.54. The molecule has 8 heteroatoms. The zero-order valence-electron chi connectivity index (χ0n) is 19.7. The van der Waals surface area contributed by atoms with Crippen LogP contribution in [0.4, 0.5) is 5.69 Å². The number of nitrogens with one attached hydrogen (secondary N) is 2. The molecule has 0 aliphatic rings. The predicted octanol–water partition coefficient (Wildman–Crippen LogP) is 5.60. The minimum atomic E-state index is -0.354. The van der Waals surface area contributed by atoms with Crippen molar-refractivity contribution in [1.29, 1.82) is 0 Å². The molecule has 3 aromatic carbocycles. The van der Waals surface area contributed by atoms with Gasteiger partial charge < -0.3 is 14.8 Å². The van der Waals surface area contributed by atoms with E-state index < -0.39 is 0 Å². The Hall–Kier alpha value is -3.65. The first kappa shape index (κ1) is 26.0. The van der Waals surface area contributed by atoms with E-state index in [2.05, 4.69) is 31.8 Å². The van der Waals surface area contributed by atoms with Crippen molar-refractivity contribution in [1.82, 2.24) is 5.43 Å². The molecule has 2 amide bonds. The Morgan fingerprint density at radius 2 is 1.69 bits per heavy atom. The lowest BCUT2D eigenvalue weighted by Crippen LogP contribution is -2.20. The van der Waals surface area contributed by atoms with Crippen LogP contribution in [0.3, 0.4) is 0 Å². The van der Waals surface area contributed by atoms with Gasteiger partial charge in [0, 0.05) is 18.5 Å². The van der Waals surface area contributed by atoms with Crippen molar-refractivity contribution in [2.24, 2.45) is 5.10 Å². The number of amides is 2. The Morgan fingerprint density at radius 3 is 2.43 bits per heavy atom. The predicted molar refractivity (Wildman–Crippen MR) is 141 cm³/mol. The monoisotopic (exact) mass is 537 g/mol. The number of aryl methyl sites for hydroxylation is 1. The molecule has 0 saturated heterocycles. The van der Waals surface area contributed by atoms with Gasteiger partial charge >= 0.3 is 0 Å². The molecule has 0 saturated carbocycles. The largest absolute Gasteiger partial charge is 0.490 e. The van der Waals surface area contributed by atoms with Gasteiger partial charge in [0.15, 0.2) is 11.5 Å². The molecule has 3 aromatic rings. The minimum absolute atomic E-state index is 0.0230.